The number of carbonyl (C=O) groups excluding carboxylic acids is 1. The van der Waals surface area contributed by atoms with Gasteiger partial charge in [-0.3, -0.25) is 0 Å². The minimum Gasteiger partial charge on any atom is -0.338 e. The third-order valence-electron chi connectivity index (χ3n) is 4.89. The van der Waals surface area contributed by atoms with E-state index in [9.17, 15) is 4.79 Å². The minimum atomic E-state index is -0.246. The van der Waals surface area contributed by atoms with Gasteiger partial charge in [-0.2, -0.15) is 10.2 Å². The predicted molar refractivity (Wildman–Crippen MR) is 117 cm³/mol. The van der Waals surface area contributed by atoms with Crippen molar-refractivity contribution in [3.63, 3.8) is 0 Å². The molecule has 0 bridgehead atoms. The Morgan fingerprint density at radius 2 is 1.63 bits per heavy atom. The number of urea groups is 1. The molecule has 2 N–H and O–H groups in total. The van der Waals surface area contributed by atoms with E-state index in [1.54, 1.807) is 0 Å². The number of carbonyl (C=O) groups is 1. The van der Waals surface area contributed by atoms with Crippen LogP contribution in [0.1, 0.15) is 17.0 Å². The van der Waals surface area contributed by atoms with E-state index in [0.717, 1.165) is 34.0 Å². The minimum absolute atomic E-state index is 0.246. The highest BCUT2D eigenvalue weighted by molar-refractivity contribution is 5.90. The van der Waals surface area contributed by atoms with Crippen LogP contribution in [0.25, 0.3) is 11.4 Å². The monoisotopic (exact) mass is 400 g/mol. The Morgan fingerprint density at radius 1 is 0.967 bits per heavy atom. The van der Waals surface area contributed by atoms with Gasteiger partial charge in [0.1, 0.15) is 0 Å². The van der Waals surface area contributed by atoms with Crippen molar-refractivity contribution in [2.45, 2.75) is 20.3 Å². The molecule has 0 saturated heterocycles. The summed E-state index contributed by atoms with van der Waals surface area (Å²) in [5, 5.41) is 14.8. The fourth-order valence-corrected chi connectivity index (χ4v) is 3.33. The molecular formula is C23H24N6O. The third-order valence-corrected chi connectivity index (χ3v) is 4.89. The normalized spacial score (nSPS) is 10.7. The summed E-state index contributed by atoms with van der Waals surface area (Å²) in [6, 6.07) is 19.6. The van der Waals surface area contributed by atoms with Crippen LogP contribution in [0.3, 0.4) is 0 Å². The first-order valence-corrected chi connectivity index (χ1v) is 9.87. The van der Waals surface area contributed by atoms with Crippen molar-refractivity contribution in [1.29, 1.82) is 0 Å². The Hall–Kier alpha value is -3.87. The van der Waals surface area contributed by atoms with E-state index in [4.69, 9.17) is 0 Å². The molecule has 7 heteroatoms. The maximum absolute atomic E-state index is 12.4. The Labute approximate surface area is 175 Å². The zero-order valence-corrected chi connectivity index (χ0v) is 17.0. The topological polar surface area (TPSA) is 76.8 Å². The van der Waals surface area contributed by atoms with E-state index in [2.05, 4.69) is 20.8 Å². The first-order valence-electron chi connectivity index (χ1n) is 9.87. The molecule has 0 atom stereocenters. The van der Waals surface area contributed by atoms with Gasteiger partial charge < -0.3 is 10.6 Å². The van der Waals surface area contributed by atoms with Gasteiger partial charge in [-0.05, 0) is 50.1 Å². The zero-order valence-electron chi connectivity index (χ0n) is 17.0. The number of para-hydroxylation sites is 2. The largest absolute Gasteiger partial charge is 0.338 e. The number of nitrogens with one attached hydrogen (secondary N) is 2. The van der Waals surface area contributed by atoms with Crippen molar-refractivity contribution in [2.24, 2.45) is 0 Å². The van der Waals surface area contributed by atoms with Crippen LogP contribution in [0.2, 0.25) is 0 Å². The fourth-order valence-electron chi connectivity index (χ4n) is 3.33. The summed E-state index contributed by atoms with van der Waals surface area (Å²) in [6.45, 7) is 4.35. The quantitative estimate of drug-likeness (QED) is 0.513. The van der Waals surface area contributed by atoms with Gasteiger partial charge in [0.25, 0.3) is 0 Å². The molecule has 4 rings (SSSR count). The van der Waals surface area contributed by atoms with Crippen molar-refractivity contribution >= 4 is 11.7 Å². The van der Waals surface area contributed by atoms with E-state index in [1.807, 2.05) is 96.3 Å². The van der Waals surface area contributed by atoms with Gasteiger partial charge in [0, 0.05) is 12.7 Å². The second-order valence-electron chi connectivity index (χ2n) is 7.05. The summed E-state index contributed by atoms with van der Waals surface area (Å²) in [5.41, 5.74) is 5.42. The van der Waals surface area contributed by atoms with Gasteiger partial charge in [0.15, 0.2) is 0 Å². The fraction of sp³-hybridized carbons (Fsp3) is 0.174. The first-order chi connectivity index (χ1) is 14.6. The van der Waals surface area contributed by atoms with Gasteiger partial charge in [0.05, 0.1) is 34.6 Å². The Bertz CT molecular complexity index is 1130. The van der Waals surface area contributed by atoms with E-state index in [-0.39, 0.29) is 6.03 Å². The van der Waals surface area contributed by atoms with Crippen LogP contribution in [0.15, 0.2) is 73.1 Å². The standard InChI is InChI=1S/C23H24N6O/c1-17-22(18(2)29(27-17)21-11-7-4-8-12-21)26-23(30)24-14-13-19-15-25-28(16-19)20-9-5-3-6-10-20/h3-12,15-16H,13-14H2,1-2H3,(H2,24,26,30). The first kappa shape index (κ1) is 19.4. The smallest absolute Gasteiger partial charge is 0.319 e. The predicted octanol–water partition coefficient (Wildman–Crippen LogP) is 4.04. The van der Waals surface area contributed by atoms with Crippen molar-refractivity contribution in [2.75, 3.05) is 11.9 Å². The number of anilines is 1. The maximum Gasteiger partial charge on any atom is 0.319 e. The lowest BCUT2D eigenvalue weighted by molar-refractivity contribution is 0.252. The number of aromatic nitrogens is 4. The van der Waals surface area contributed by atoms with Gasteiger partial charge in [-0.15, -0.1) is 0 Å². The van der Waals surface area contributed by atoms with Gasteiger partial charge in [-0.1, -0.05) is 36.4 Å². The van der Waals surface area contributed by atoms with Crippen molar-refractivity contribution in [3.8, 4) is 11.4 Å². The molecule has 0 fully saturated rings. The van der Waals surface area contributed by atoms with Crippen LogP contribution in [-0.4, -0.2) is 32.1 Å². The summed E-state index contributed by atoms with van der Waals surface area (Å²) >= 11 is 0. The molecule has 0 aliphatic rings. The Kier molecular flexibility index (Phi) is 5.61. The third kappa shape index (κ3) is 4.25. The van der Waals surface area contributed by atoms with E-state index in [1.165, 1.54) is 0 Å². The average molecular weight is 400 g/mol. The highest BCUT2D eigenvalue weighted by Crippen LogP contribution is 2.22. The lowest BCUT2D eigenvalue weighted by atomic mass is 10.2. The van der Waals surface area contributed by atoms with Crippen LogP contribution in [0, 0.1) is 13.8 Å². The number of rotatable bonds is 6. The van der Waals surface area contributed by atoms with Crippen LogP contribution in [0.5, 0.6) is 0 Å². The second-order valence-corrected chi connectivity index (χ2v) is 7.05. The molecule has 2 aromatic carbocycles. The summed E-state index contributed by atoms with van der Waals surface area (Å²) in [5.74, 6) is 0. The number of nitrogens with zero attached hydrogens (tertiary/aromatic N) is 4. The summed E-state index contributed by atoms with van der Waals surface area (Å²) in [4.78, 5) is 12.4. The molecule has 2 heterocycles. The molecule has 0 aliphatic carbocycles. The molecule has 0 aliphatic heterocycles. The number of aryl methyl sites for hydroxylation is 1. The van der Waals surface area contributed by atoms with Crippen LogP contribution in [0.4, 0.5) is 10.5 Å². The van der Waals surface area contributed by atoms with Crippen molar-refractivity contribution < 1.29 is 4.79 Å². The van der Waals surface area contributed by atoms with Crippen molar-refractivity contribution in [3.05, 3.63) is 90.0 Å². The van der Waals surface area contributed by atoms with Gasteiger partial charge in [-0.25, -0.2) is 14.2 Å². The molecular weight excluding hydrogens is 376 g/mol. The van der Waals surface area contributed by atoms with Crippen LogP contribution in [-0.2, 0) is 6.42 Å². The summed E-state index contributed by atoms with van der Waals surface area (Å²) < 4.78 is 3.67. The molecule has 0 unspecified atom stereocenters. The number of amides is 2. The summed E-state index contributed by atoms with van der Waals surface area (Å²) in [7, 11) is 0. The van der Waals surface area contributed by atoms with Gasteiger partial charge in [0.2, 0.25) is 0 Å². The second kappa shape index (κ2) is 8.65. The summed E-state index contributed by atoms with van der Waals surface area (Å²) in [6.07, 6.45) is 4.50. The van der Waals surface area contributed by atoms with E-state index < -0.39 is 0 Å². The Morgan fingerprint density at radius 3 is 2.33 bits per heavy atom. The lowest BCUT2D eigenvalue weighted by Crippen LogP contribution is -2.30. The van der Waals surface area contributed by atoms with Crippen molar-refractivity contribution in [1.82, 2.24) is 24.9 Å². The lowest BCUT2D eigenvalue weighted by Gasteiger charge is -2.08. The molecule has 30 heavy (non-hydrogen) atoms. The molecule has 7 nitrogen and oxygen atoms in total. The molecule has 0 spiro atoms. The maximum atomic E-state index is 12.4. The zero-order chi connectivity index (χ0) is 20.9. The number of hydrogen-bond acceptors (Lipinski definition) is 3. The molecule has 2 amide bonds. The molecule has 4 aromatic rings. The highest BCUT2D eigenvalue weighted by atomic mass is 16.2. The van der Waals surface area contributed by atoms with Gasteiger partial charge >= 0.3 is 6.03 Å². The molecule has 0 saturated carbocycles. The van der Waals surface area contributed by atoms with E-state index in [0.29, 0.717) is 13.0 Å². The SMILES string of the molecule is Cc1nn(-c2ccccc2)c(C)c1NC(=O)NCCc1cnn(-c2ccccc2)c1. The Balaban J connectivity index is 1.34. The molecule has 0 radical (unpaired) electrons. The van der Waals surface area contributed by atoms with E-state index >= 15 is 0 Å². The van der Waals surface area contributed by atoms with Crippen LogP contribution < -0.4 is 10.6 Å². The number of hydrogen-bond donors (Lipinski definition) is 2. The highest BCUT2D eigenvalue weighted by Gasteiger charge is 2.15. The molecule has 2 aromatic heterocycles. The molecule has 152 valence electrons. The van der Waals surface area contributed by atoms with Crippen LogP contribution >= 0.6 is 0 Å². The average Bonchev–Trinajstić information content (AvgIpc) is 3.35. The number of benzene rings is 2.